The molecule has 0 spiro atoms. The Morgan fingerprint density at radius 3 is 2.62 bits per heavy atom. The minimum absolute atomic E-state index is 0.0726. The number of aromatic amines is 1. The number of rotatable bonds is 14. The van der Waals surface area contributed by atoms with Crippen LogP contribution in [-0.4, -0.2) is 57.4 Å². The zero-order valence-corrected chi connectivity index (χ0v) is 32.8. The van der Waals surface area contributed by atoms with Crippen LogP contribution < -0.4 is 11.2 Å². The third-order valence-corrected chi connectivity index (χ3v) is 15.5. The van der Waals surface area contributed by atoms with E-state index in [0.29, 0.717) is 42.7 Å². The minimum atomic E-state index is -4.38. The molecule has 1 unspecified atom stereocenters. The zero-order chi connectivity index (χ0) is 38.3. The van der Waals surface area contributed by atoms with Crippen molar-refractivity contribution in [2.75, 3.05) is 13.2 Å². The molecule has 5 aliphatic rings. The number of aromatic nitrogens is 2. The number of hydrogen-bond donors (Lipinski definition) is 3. The lowest BCUT2D eigenvalue weighted by Gasteiger charge is -2.59. The maximum Gasteiger partial charge on any atom is 0.475 e. The molecule has 4 aliphatic carbocycles. The quantitative estimate of drug-likeness (QED) is 0.104. The van der Waals surface area contributed by atoms with Gasteiger partial charge in [0.2, 0.25) is 5.82 Å². The van der Waals surface area contributed by atoms with Crippen LogP contribution in [0, 0.1) is 63.5 Å². The molecule has 6 rings (SSSR count). The van der Waals surface area contributed by atoms with Crippen molar-refractivity contribution >= 4 is 7.82 Å². The number of ether oxygens (including phenoxy) is 1. The third kappa shape index (κ3) is 8.07. The van der Waals surface area contributed by atoms with Crippen LogP contribution >= 0.6 is 7.82 Å². The molecule has 0 radical (unpaired) electrons. The van der Waals surface area contributed by atoms with Gasteiger partial charge in [0.25, 0.3) is 5.56 Å². The number of fused-ring (bicyclic) bond motifs is 5. The number of H-pyrrole nitrogens is 1. The molecule has 53 heavy (non-hydrogen) atoms. The first-order valence-electron chi connectivity index (χ1n) is 19.8. The van der Waals surface area contributed by atoms with Gasteiger partial charge in [-0.25, -0.2) is 9.36 Å². The van der Waals surface area contributed by atoms with Crippen molar-refractivity contribution in [3.63, 3.8) is 0 Å². The Labute approximate surface area is 312 Å². The molecule has 0 bridgehead atoms. The smallest absolute Gasteiger partial charge is 0.394 e. The fourth-order valence-electron chi connectivity index (χ4n) is 11.2. The highest BCUT2D eigenvalue weighted by Crippen LogP contribution is 2.68. The molecule has 3 saturated carbocycles. The normalized spacial score (nSPS) is 38.3. The van der Waals surface area contributed by atoms with Crippen molar-refractivity contribution in [3.05, 3.63) is 44.5 Å². The second-order valence-electron chi connectivity index (χ2n) is 17.4. The van der Waals surface area contributed by atoms with Crippen molar-refractivity contribution < 1.29 is 37.5 Å². The molecular formula is C39H59FN3O9P. The summed E-state index contributed by atoms with van der Waals surface area (Å²) >= 11 is 0. The fraction of sp³-hybridized carbons (Fsp3) is 0.821. The van der Waals surface area contributed by atoms with Crippen molar-refractivity contribution in [2.45, 2.75) is 142 Å². The van der Waals surface area contributed by atoms with Crippen LogP contribution in [0.4, 0.5) is 4.39 Å². The van der Waals surface area contributed by atoms with Crippen LogP contribution in [-0.2, 0) is 22.9 Å². The van der Waals surface area contributed by atoms with Gasteiger partial charge in [0.15, 0.2) is 0 Å². The molecule has 1 saturated heterocycles. The lowest BCUT2D eigenvalue weighted by molar-refractivity contribution is -0.0976. The molecule has 0 amide bonds. The van der Waals surface area contributed by atoms with Gasteiger partial charge < -0.3 is 14.9 Å². The number of hydrogen-bond acceptors (Lipinski definition) is 10. The van der Waals surface area contributed by atoms with E-state index in [4.69, 9.17) is 23.6 Å². The van der Waals surface area contributed by atoms with Gasteiger partial charge in [0.1, 0.15) is 18.4 Å². The average Bonchev–Trinajstić information content (AvgIpc) is 3.67. The standard InChI is InChI=1S/C39H59FN3O9P/c1-23(2)8-6-9-24(3)27-10-11-28-35-29(13-15-39(27,28)5)38(4)14-12-26(18-25(38)19-31(35)45)51-53(48,49-17-7-16-41)52-32-20-34(50-33(32)22-44)43-21-30(40)36(46)42-37(43)47/h19,21,23-24,26-29,31-35,44-45H,6-15,17-18,20,22H2,1-5H3,(H,42,46,47)/t24-,26+,27-,28+,29+,31+,32+,33-,34-,35+,38+,39-,53?/m1/s1. The Kier molecular flexibility index (Phi) is 12.3. The molecule has 296 valence electrons. The molecule has 0 aromatic carbocycles. The topological polar surface area (TPSA) is 173 Å². The summed E-state index contributed by atoms with van der Waals surface area (Å²) in [4.78, 5) is 25.9. The SMILES string of the molecule is CC(C)CCC[C@@H](C)[C@H]1CC[C@H]2[C@@H]3[C@@H](O)C=C4C[C@@H](OP(=O)(OCCC#N)O[C@H]5C[C@H](n6cc(F)c(=O)[nH]c6=O)O[C@@H]5CO)CC[C@]4(C)[C@H]3CC[C@]12C. The molecule has 1 aromatic heterocycles. The Morgan fingerprint density at radius 2 is 1.91 bits per heavy atom. The number of aliphatic hydroxyl groups excluding tert-OH is 2. The van der Waals surface area contributed by atoms with Gasteiger partial charge in [-0.1, -0.05) is 65.5 Å². The summed E-state index contributed by atoms with van der Waals surface area (Å²) in [7, 11) is -4.38. The lowest BCUT2D eigenvalue weighted by atomic mass is 9.46. The highest BCUT2D eigenvalue weighted by atomic mass is 31.2. The van der Waals surface area contributed by atoms with Gasteiger partial charge in [-0.3, -0.25) is 27.9 Å². The van der Waals surface area contributed by atoms with E-state index < -0.39 is 62.1 Å². The zero-order valence-electron chi connectivity index (χ0n) is 31.9. The Bertz CT molecular complexity index is 1710. The lowest BCUT2D eigenvalue weighted by Crippen LogP contribution is -2.55. The summed E-state index contributed by atoms with van der Waals surface area (Å²) in [6, 6.07) is 1.95. The van der Waals surface area contributed by atoms with Gasteiger partial charge in [-0.2, -0.15) is 9.65 Å². The maximum atomic E-state index is 14.3. The second-order valence-corrected chi connectivity index (χ2v) is 19.0. The number of aliphatic hydroxyl groups is 2. The average molecular weight is 764 g/mol. The van der Waals surface area contributed by atoms with Crippen molar-refractivity contribution in [3.8, 4) is 6.07 Å². The molecule has 1 aromatic rings. The molecule has 13 atom stereocenters. The Hall–Kier alpha value is -2.17. The van der Waals surface area contributed by atoms with E-state index in [1.807, 2.05) is 17.1 Å². The first-order valence-corrected chi connectivity index (χ1v) is 21.2. The summed E-state index contributed by atoms with van der Waals surface area (Å²) in [6.45, 7) is 11.1. The van der Waals surface area contributed by atoms with Gasteiger partial charge in [0, 0.05) is 6.42 Å². The Balaban J connectivity index is 1.16. The first kappa shape index (κ1) is 40.5. The predicted molar refractivity (Wildman–Crippen MR) is 195 cm³/mol. The van der Waals surface area contributed by atoms with Gasteiger partial charge >= 0.3 is 13.5 Å². The van der Waals surface area contributed by atoms with Gasteiger partial charge in [-0.15, -0.1) is 0 Å². The van der Waals surface area contributed by atoms with E-state index in [9.17, 15) is 28.8 Å². The van der Waals surface area contributed by atoms with Crippen LogP contribution in [0.3, 0.4) is 0 Å². The summed E-state index contributed by atoms with van der Waals surface area (Å²) in [5, 5.41) is 31.1. The fourth-order valence-corrected chi connectivity index (χ4v) is 12.8. The monoisotopic (exact) mass is 763 g/mol. The third-order valence-electron chi connectivity index (χ3n) is 13.9. The van der Waals surface area contributed by atoms with E-state index in [2.05, 4.69) is 34.6 Å². The van der Waals surface area contributed by atoms with Gasteiger partial charge in [0.05, 0.1) is 44.1 Å². The van der Waals surface area contributed by atoms with E-state index in [0.717, 1.165) is 41.7 Å². The minimum Gasteiger partial charge on any atom is -0.394 e. The summed E-state index contributed by atoms with van der Waals surface area (Å²) < 4.78 is 52.7. The highest BCUT2D eigenvalue weighted by molar-refractivity contribution is 7.48. The largest absolute Gasteiger partial charge is 0.475 e. The van der Waals surface area contributed by atoms with E-state index >= 15 is 0 Å². The van der Waals surface area contributed by atoms with E-state index in [1.165, 1.54) is 25.7 Å². The van der Waals surface area contributed by atoms with E-state index in [1.54, 1.807) is 0 Å². The molecule has 3 N–H and O–H groups in total. The number of nitriles is 1. The Morgan fingerprint density at radius 1 is 1.13 bits per heavy atom. The van der Waals surface area contributed by atoms with Gasteiger partial charge in [-0.05, 0) is 91.3 Å². The second kappa shape index (κ2) is 16.1. The predicted octanol–water partition coefficient (Wildman–Crippen LogP) is 6.78. The van der Waals surface area contributed by atoms with Crippen molar-refractivity contribution in [1.29, 1.82) is 5.26 Å². The van der Waals surface area contributed by atoms with Crippen LogP contribution in [0.15, 0.2) is 27.4 Å². The number of halogens is 1. The van der Waals surface area contributed by atoms with Crippen molar-refractivity contribution in [2.24, 2.45) is 46.3 Å². The summed E-state index contributed by atoms with van der Waals surface area (Å²) in [5.74, 6) is 1.89. The molecular weight excluding hydrogens is 704 g/mol. The molecule has 2 heterocycles. The molecule has 1 aliphatic heterocycles. The maximum absolute atomic E-state index is 14.3. The van der Waals surface area contributed by atoms with Crippen molar-refractivity contribution in [1.82, 2.24) is 9.55 Å². The highest BCUT2D eigenvalue weighted by Gasteiger charge is 2.61. The summed E-state index contributed by atoms with van der Waals surface area (Å²) in [5.41, 5.74) is -0.900. The molecule has 4 fully saturated rings. The number of nitrogens with one attached hydrogen (secondary N) is 1. The molecule has 12 nitrogen and oxygen atoms in total. The molecule has 14 heteroatoms. The van der Waals surface area contributed by atoms with E-state index in [-0.39, 0.29) is 36.2 Å². The van der Waals surface area contributed by atoms with Crippen LogP contribution in [0.1, 0.15) is 118 Å². The van der Waals surface area contributed by atoms with Crippen LogP contribution in [0.25, 0.3) is 0 Å². The number of nitrogens with zero attached hydrogens (tertiary/aromatic N) is 2. The van der Waals surface area contributed by atoms with Crippen LogP contribution in [0.5, 0.6) is 0 Å². The first-order chi connectivity index (χ1) is 25.1. The number of phosphoric acid groups is 1. The summed E-state index contributed by atoms with van der Waals surface area (Å²) in [6.07, 6.45) is 8.34. The number of phosphoric ester groups is 1. The van der Waals surface area contributed by atoms with Crippen LogP contribution in [0.2, 0.25) is 0 Å².